The highest BCUT2D eigenvalue weighted by Crippen LogP contribution is 2.32. The number of rotatable bonds is 6. The normalized spacial score (nSPS) is 10.4. The average molecular weight is 363 g/mol. The van der Waals surface area contributed by atoms with Crippen molar-refractivity contribution in [3.05, 3.63) is 65.7 Å². The molecule has 0 spiro atoms. The fourth-order valence-corrected chi connectivity index (χ4v) is 2.91. The molecule has 5 nitrogen and oxygen atoms in total. The maximum absolute atomic E-state index is 12.4. The number of benzene rings is 2. The Labute approximate surface area is 157 Å². The highest BCUT2D eigenvalue weighted by atomic mass is 16.6. The second kappa shape index (κ2) is 8.36. The van der Waals surface area contributed by atoms with E-state index >= 15 is 0 Å². The summed E-state index contributed by atoms with van der Waals surface area (Å²) in [6.07, 6.45) is 1.55. The summed E-state index contributed by atoms with van der Waals surface area (Å²) in [7, 11) is 0. The first-order valence-corrected chi connectivity index (χ1v) is 8.87. The standard InChI is InChI=1S/C22H21NO4/c1-3-26-21(24)18(22(25)27-4-2)14-17-16-12-8-9-13-19(16)23-20(17)15-10-6-5-7-11-15/h5-14,23H,3-4H2,1-2H3. The zero-order chi connectivity index (χ0) is 19.2. The summed E-state index contributed by atoms with van der Waals surface area (Å²) < 4.78 is 10.1. The molecule has 1 N–H and O–H groups in total. The van der Waals surface area contributed by atoms with Crippen molar-refractivity contribution < 1.29 is 19.1 Å². The largest absolute Gasteiger partial charge is 0.462 e. The van der Waals surface area contributed by atoms with Gasteiger partial charge in [-0.1, -0.05) is 48.5 Å². The topological polar surface area (TPSA) is 68.4 Å². The Morgan fingerprint density at radius 1 is 0.889 bits per heavy atom. The molecular formula is C22H21NO4. The number of aromatic amines is 1. The lowest BCUT2D eigenvalue weighted by molar-refractivity contribution is -0.146. The van der Waals surface area contributed by atoms with E-state index in [0.29, 0.717) is 0 Å². The number of aromatic nitrogens is 1. The first-order valence-electron chi connectivity index (χ1n) is 8.87. The van der Waals surface area contributed by atoms with Crippen LogP contribution in [0, 0.1) is 0 Å². The molecular weight excluding hydrogens is 342 g/mol. The van der Waals surface area contributed by atoms with E-state index in [9.17, 15) is 9.59 Å². The molecule has 27 heavy (non-hydrogen) atoms. The summed E-state index contributed by atoms with van der Waals surface area (Å²) in [5.74, 6) is -1.39. The van der Waals surface area contributed by atoms with Crippen LogP contribution in [0.1, 0.15) is 19.4 Å². The molecule has 3 rings (SSSR count). The van der Waals surface area contributed by atoms with Gasteiger partial charge in [-0.15, -0.1) is 0 Å². The predicted molar refractivity (Wildman–Crippen MR) is 105 cm³/mol. The van der Waals surface area contributed by atoms with E-state index in [2.05, 4.69) is 4.98 Å². The molecule has 1 aromatic heterocycles. The fourth-order valence-electron chi connectivity index (χ4n) is 2.91. The SMILES string of the molecule is CCOC(=O)C(=Cc1c(-c2ccccc2)[nH]c2ccccc12)C(=O)OCC. The minimum Gasteiger partial charge on any atom is -0.462 e. The van der Waals surface area contributed by atoms with E-state index in [1.807, 2.05) is 54.6 Å². The van der Waals surface area contributed by atoms with Crippen LogP contribution >= 0.6 is 0 Å². The zero-order valence-corrected chi connectivity index (χ0v) is 15.3. The van der Waals surface area contributed by atoms with E-state index in [4.69, 9.17) is 9.47 Å². The number of carbonyl (C=O) groups is 2. The number of hydrogen-bond donors (Lipinski definition) is 1. The molecule has 0 bridgehead atoms. The van der Waals surface area contributed by atoms with Crippen molar-refractivity contribution in [3.8, 4) is 11.3 Å². The molecule has 2 aromatic carbocycles. The van der Waals surface area contributed by atoms with Gasteiger partial charge in [-0.25, -0.2) is 9.59 Å². The van der Waals surface area contributed by atoms with E-state index in [-0.39, 0.29) is 18.8 Å². The zero-order valence-electron chi connectivity index (χ0n) is 15.3. The number of hydrogen-bond acceptors (Lipinski definition) is 4. The van der Waals surface area contributed by atoms with Gasteiger partial charge in [0.25, 0.3) is 0 Å². The molecule has 0 saturated carbocycles. The first-order chi connectivity index (χ1) is 13.2. The van der Waals surface area contributed by atoms with Crippen LogP contribution in [0.3, 0.4) is 0 Å². The Balaban J connectivity index is 2.22. The molecule has 0 saturated heterocycles. The average Bonchev–Trinajstić information content (AvgIpc) is 3.05. The summed E-state index contributed by atoms with van der Waals surface area (Å²) >= 11 is 0. The minimum atomic E-state index is -0.694. The molecule has 0 radical (unpaired) electrons. The molecule has 0 unspecified atom stereocenters. The van der Waals surface area contributed by atoms with Gasteiger partial charge in [-0.2, -0.15) is 0 Å². The Kier molecular flexibility index (Phi) is 5.71. The first kappa shape index (κ1) is 18.5. The lowest BCUT2D eigenvalue weighted by atomic mass is 10.0. The van der Waals surface area contributed by atoms with Crippen molar-refractivity contribution in [1.82, 2.24) is 4.98 Å². The number of para-hydroxylation sites is 1. The fraction of sp³-hybridized carbons (Fsp3) is 0.182. The number of carbonyl (C=O) groups excluding carboxylic acids is 2. The maximum atomic E-state index is 12.4. The van der Waals surface area contributed by atoms with Crippen LogP contribution in [0.4, 0.5) is 0 Å². The minimum absolute atomic E-state index is 0.124. The van der Waals surface area contributed by atoms with Gasteiger partial charge in [0, 0.05) is 16.5 Å². The Hall–Kier alpha value is -3.34. The third-order valence-electron chi connectivity index (χ3n) is 4.09. The van der Waals surface area contributed by atoms with Gasteiger partial charge in [-0.3, -0.25) is 0 Å². The number of H-pyrrole nitrogens is 1. The lowest BCUT2D eigenvalue weighted by Crippen LogP contribution is -2.18. The Bertz CT molecular complexity index is 966. The highest BCUT2D eigenvalue weighted by molar-refractivity contribution is 6.19. The van der Waals surface area contributed by atoms with E-state index in [1.165, 1.54) is 0 Å². The van der Waals surface area contributed by atoms with Crippen LogP contribution in [-0.2, 0) is 19.1 Å². The smallest absolute Gasteiger partial charge is 0.345 e. The molecule has 138 valence electrons. The van der Waals surface area contributed by atoms with Crippen molar-refractivity contribution in [3.63, 3.8) is 0 Å². The van der Waals surface area contributed by atoms with E-state index in [1.54, 1.807) is 19.9 Å². The number of nitrogens with one attached hydrogen (secondary N) is 1. The molecule has 1 heterocycles. The molecule has 0 aliphatic carbocycles. The Morgan fingerprint density at radius 3 is 2.11 bits per heavy atom. The van der Waals surface area contributed by atoms with Crippen molar-refractivity contribution in [2.45, 2.75) is 13.8 Å². The number of esters is 2. The molecule has 0 fully saturated rings. The van der Waals surface area contributed by atoms with Crippen LogP contribution in [-0.4, -0.2) is 30.1 Å². The maximum Gasteiger partial charge on any atom is 0.345 e. The van der Waals surface area contributed by atoms with Crippen molar-refractivity contribution in [2.75, 3.05) is 13.2 Å². The summed E-state index contributed by atoms with van der Waals surface area (Å²) in [6, 6.07) is 17.5. The second-order valence-electron chi connectivity index (χ2n) is 5.82. The lowest BCUT2D eigenvalue weighted by Gasteiger charge is -2.07. The van der Waals surface area contributed by atoms with Gasteiger partial charge in [-0.05, 0) is 31.6 Å². The van der Waals surface area contributed by atoms with Gasteiger partial charge in [0.05, 0.1) is 18.9 Å². The van der Waals surface area contributed by atoms with E-state index < -0.39 is 11.9 Å². The molecule has 0 atom stereocenters. The van der Waals surface area contributed by atoms with Crippen LogP contribution in [0.15, 0.2) is 60.2 Å². The quantitative estimate of drug-likeness (QED) is 0.306. The summed E-state index contributed by atoms with van der Waals surface area (Å²) in [5, 5.41) is 0.905. The van der Waals surface area contributed by atoms with E-state index in [0.717, 1.165) is 27.7 Å². The predicted octanol–water partition coefficient (Wildman–Crippen LogP) is 4.34. The van der Waals surface area contributed by atoms with Crippen LogP contribution < -0.4 is 0 Å². The number of fused-ring (bicyclic) bond motifs is 1. The highest BCUT2D eigenvalue weighted by Gasteiger charge is 2.23. The second-order valence-corrected chi connectivity index (χ2v) is 5.82. The molecule has 5 heteroatoms. The monoisotopic (exact) mass is 363 g/mol. The number of ether oxygens (including phenoxy) is 2. The van der Waals surface area contributed by atoms with Crippen LogP contribution in [0.2, 0.25) is 0 Å². The van der Waals surface area contributed by atoms with Gasteiger partial charge in [0.2, 0.25) is 0 Å². The van der Waals surface area contributed by atoms with Gasteiger partial charge < -0.3 is 14.5 Å². The van der Waals surface area contributed by atoms with Crippen molar-refractivity contribution in [1.29, 1.82) is 0 Å². The molecule has 0 aliphatic rings. The summed E-state index contributed by atoms with van der Waals surface area (Å²) in [6.45, 7) is 3.74. The third-order valence-corrected chi connectivity index (χ3v) is 4.09. The van der Waals surface area contributed by atoms with Crippen LogP contribution in [0.5, 0.6) is 0 Å². The van der Waals surface area contributed by atoms with Crippen molar-refractivity contribution >= 4 is 28.9 Å². The molecule has 3 aromatic rings. The van der Waals surface area contributed by atoms with Crippen molar-refractivity contribution in [2.24, 2.45) is 0 Å². The van der Waals surface area contributed by atoms with Crippen LogP contribution in [0.25, 0.3) is 28.2 Å². The molecule has 0 amide bonds. The van der Waals surface area contributed by atoms with Gasteiger partial charge >= 0.3 is 11.9 Å². The summed E-state index contributed by atoms with van der Waals surface area (Å²) in [5.41, 5.74) is 3.30. The Morgan fingerprint density at radius 2 is 1.48 bits per heavy atom. The van der Waals surface area contributed by atoms with Gasteiger partial charge in [0.15, 0.2) is 0 Å². The summed E-state index contributed by atoms with van der Waals surface area (Å²) in [4.78, 5) is 28.1. The van der Waals surface area contributed by atoms with Gasteiger partial charge in [0.1, 0.15) is 5.57 Å². The molecule has 0 aliphatic heterocycles. The third kappa shape index (κ3) is 3.92.